The average molecular weight is 548 g/mol. The quantitative estimate of drug-likeness (QED) is 0.313. The molecule has 1 aliphatic rings. The normalized spacial score (nSPS) is 14.4. The number of carbonyl (C=O) groups excluding carboxylic acids is 2. The van der Waals surface area contributed by atoms with Gasteiger partial charge >= 0.3 is 0 Å². The number of carbonyl (C=O) groups is 2. The van der Waals surface area contributed by atoms with E-state index in [2.05, 4.69) is 21.7 Å². The predicted molar refractivity (Wildman–Crippen MR) is 155 cm³/mol. The van der Waals surface area contributed by atoms with Crippen molar-refractivity contribution in [3.8, 4) is 11.5 Å². The number of benzene rings is 2. The van der Waals surface area contributed by atoms with Crippen molar-refractivity contribution < 1.29 is 19.1 Å². The summed E-state index contributed by atoms with van der Waals surface area (Å²) in [7, 11) is 3.11. The second-order valence-electron chi connectivity index (χ2n) is 10.9. The Labute approximate surface area is 236 Å². The minimum absolute atomic E-state index is 0.0488. The molecule has 0 spiro atoms. The molecule has 1 aromatic heterocycles. The number of methoxy groups -OCH3 is 2. The molecule has 1 aliphatic carbocycles. The van der Waals surface area contributed by atoms with E-state index in [0.717, 1.165) is 31.2 Å². The molecule has 9 heteroatoms. The van der Waals surface area contributed by atoms with Gasteiger partial charge in [-0.25, -0.2) is 4.68 Å². The van der Waals surface area contributed by atoms with Crippen molar-refractivity contribution in [2.75, 3.05) is 20.8 Å². The van der Waals surface area contributed by atoms with E-state index >= 15 is 0 Å². The van der Waals surface area contributed by atoms with Gasteiger partial charge in [0.25, 0.3) is 0 Å². The van der Waals surface area contributed by atoms with Crippen molar-refractivity contribution >= 4 is 22.8 Å². The summed E-state index contributed by atoms with van der Waals surface area (Å²) in [5, 5.41) is 11.6. The summed E-state index contributed by atoms with van der Waals surface area (Å²) in [4.78, 5) is 30.0. The summed E-state index contributed by atoms with van der Waals surface area (Å²) in [6.07, 6.45) is 8.08. The lowest BCUT2D eigenvalue weighted by molar-refractivity contribution is -0.142. The maximum Gasteiger partial charge on any atom is 0.248 e. The summed E-state index contributed by atoms with van der Waals surface area (Å²) in [6.45, 7) is 6.31. The van der Waals surface area contributed by atoms with E-state index in [-0.39, 0.29) is 18.4 Å². The lowest BCUT2D eigenvalue weighted by Gasteiger charge is -2.35. The highest BCUT2D eigenvalue weighted by Crippen LogP contribution is 2.38. The number of hydrogen-bond acceptors (Lipinski definition) is 6. The summed E-state index contributed by atoms with van der Waals surface area (Å²) >= 11 is 0. The Kier molecular flexibility index (Phi) is 9.45. The van der Waals surface area contributed by atoms with Gasteiger partial charge in [0.1, 0.15) is 18.1 Å². The molecule has 40 heavy (non-hydrogen) atoms. The van der Waals surface area contributed by atoms with Crippen LogP contribution < -0.4 is 14.8 Å². The van der Waals surface area contributed by atoms with Gasteiger partial charge in [0.05, 0.1) is 19.7 Å². The molecule has 1 unspecified atom stereocenters. The molecule has 9 nitrogen and oxygen atoms in total. The van der Waals surface area contributed by atoms with Crippen LogP contribution in [0.3, 0.4) is 0 Å². The first-order chi connectivity index (χ1) is 19.3. The molecule has 0 bridgehead atoms. The molecule has 1 atom stereocenters. The number of allylic oxidation sites excluding steroid dienone is 1. The molecule has 1 heterocycles. The third-order valence-corrected chi connectivity index (χ3v) is 7.72. The fourth-order valence-electron chi connectivity index (χ4n) is 5.11. The largest absolute Gasteiger partial charge is 0.493 e. The highest BCUT2D eigenvalue weighted by atomic mass is 16.5. The van der Waals surface area contributed by atoms with Crippen LogP contribution in [-0.4, -0.2) is 58.0 Å². The van der Waals surface area contributed by atoms with Gasteiger partial charge in [-0.3, -0.25) is 9.59 Å². The molecular formula is C31H41N5O4. The predicted octanol–water partition coefficient (Wildman–Crippen LogP) is 5.21. The molecular weight excluding hydrogens is 506 g/mol. The summed E-state index contributed by atoms with van der Waals surface area (Å²) < 4.78 is 12.9. The number of aromatic nitrogens is 3. The second kappa shape index (κ2) is 13.0. The zero-order valence-corrected chi connectivity index (χ0v) is 24.3. The summed E-state index contributed by atoms with van der Waals surface area (Å²) in [6, 6.07) is 12.0. The van der Waals surface area contributed by atoms with Crippen LogP contribution in [0.2, 0.25) is 0 Å². The monoisotopic (exact) mass is 547 g/mol. The van der Waals surface area contributed by atoms with Crippen LogP contribution in [0.15, 0.2) is 54.1 Å². The zero-order chi connectivity index (χ0) is 28.7. The number of nitrogens with one attached hydrogen (secondary N) is 1. The smallest absolute Gasteiger partial charge is 0.248 e. The maximum absolute atomic E-state index is 14.2. The molecule has 0 aliphatic heterocycles. The van der Waals surface area contributed by atoms with E-state index < -0.39 is 11.6 Å². The minimum atomic E-state index is -0.942. The molecule has 3 aromatic rings. The van der Waals surface area contributed by atoms with Crippen LogP contribution in [0, 0.1) is 0 Å². The van der Waals surface area contributed by atoms with Crippen molar-refractivity contribution in [3.63, 3.8) is 0 Å². The number of amides is 2. The lowest BCUT2D eigenvalue weighted by atomic mass is 9.95. The van der Waals surface area contributed by atoms with Gasteiger partial charge in [0.15, 0.2) is 11.5 Å². The number of rotatable bonds is 12. The van der Waals surface area contributed by atoms with Gasteiger partial charge < -0.3 is 19.7 Å². The van der Waals surface area contributed by atoms with Crippen molar-refractivity contribution in [1.29, 1.82) is 0 Å². The first-order valence-electron chi connectivity index (χ1n) is 14.1. The second-order valence-corrected chi connectivity index (χ2v) is 10.9. The first-order valence-corrected chi connectivity index (χ1v) is 14.1. The van der Waals surface area contributed by atoms with Crippen LogP contribution in [0.4, 0.5) is 0 Å². The highest BCUT2D eigenvalue weighted by Gasteiger charge is 2.36. The van der Waals surface area contributed by atoms with E-state index in [1.54, 1.807) is 29.9 Å². The van der Waals surface area contributed by atoms with Crippen molar-refractivity contribution in [1.82, 2.24) is 25.2 Å². The van der Waals surface area contributed by atoms with Gasteiger partial charge in [-0.2, -0.15) is 0 Å². The number of nitrogens with zero attached hydrogens (tertiary/aromatic N) is 4. The van der Waals surface area contributed by atoms with E-state index in [9.17, 15) is 9.59 Å². The Hall–Kier alpha value is -3.88. The fourth-order valence-corrected chi connectivity index (χ4v) is 5.11. The van der Waals surface area contributed by atoms with E-state index in [1.165, 1.54) is 12.0 Å². The summed E-state index contributed by atoms with van der Waals surface area (Å²) in [5.74, 6) is 0.428. The molecule has 0 radical (unpaired) electrons. The molecule has 2 amide bonds. The van der Waals surface area contributed by atoms with Crippen LogP contribution >= 0.6 is 0 Å². The average Bonchev–Trinajstić information content (AvgIpc) is 3.37. The van der Waals surface area contributed by atoms with Crippen molar-refractivity contribution in [2.45, 2.75) is 77.4 Å². The van der Waals surface area contributed by atoms with Gasteiger partial charge in [-0.1, -0.05) is 48.1 Å². The molecule has 214 valence electrons. The molecule has 4 rings (SSSR count). The lowest BCUT2D eigenvalue weighted by Crippen LogP contribution is -2.51. The van der Waals surface area contributed by atoms with Crippen LogP contribution in [0.25, 0.3) is 11.0 Å². The van der Waals surface area contributed by atoms with E-state index in [1.807, 2.05) is 57.2 Å². The minimum Gasteiger partial charge on any atom is -0.493 e. The Morgan fingerprint density at radius 2 is 1.90 bits per heavy atom. The van der Waals surface area contributed by atoms with Crippen LogP contribution in [0.1, 0.15) is 70.9 Å². The molecule has 0 saturated carbocycles. The Bertz CT molecular complexity index is 1360. The number of ether oxygens (including phenoxy) is 2. The van der Waals surface area contributed by atoms with Crippen molar-refractivity contribution in [3.05, 3.63) is 59.7 Å². The van der Waals surface area contributed by atoms with Gasteiger partial charge in [0.2, 0.25) is 11.8 Å². The molecule has 0 fully saturated rings. The fraction of sp³-hybridized carbons (Fsp3) is 0.484. The Balaban J connectivity index is 1.78. The topological polar surface area (TPSA) is 98.6 Å². The SMILES string of the molecule is CCC(C)(C)NC(=O)C(c1cccc(OC)c1OC)N(CCC1=CCCCC1)C(=O)Cn1nnc2ccccc21. The maximum atomic E-state index is 14.2. The zero-order valence-electron chi connectivity index (χ0n) is 24.3. The third kappa shape index (κ3) is 6.63. The van der Waals surface area contributed by atoms with Crippen LogP contribution in [-0.2, 0) is 16.1 Å². The number of hydrogen-bond donors (Lipinski definition) is 1. The Morgan fingerprint density at radius 3 is 2.60 bits per heavy atom. The molecule has 1 N–H and O–H groups in total. The van der Waals surface area contributed by atoms with Gasteiger partial charge in [-0.15, -0.1) is 5.10 Å². The summed E-state index contributed by atoms with van der Waals surface area (Å²) in [5.41, 5.74) is 2.89. The van der Waals surface area contributed by atoms with E-state index in [4.69, 9.17) is 9.47 Å². The standard InChI is InChI=1S/C31H41N5O4/c1-6-31(2,3)32-30(38)28(23-15-12-18-26(39-4)29(23)40-5)35(20-19-22-13-8-7-9-14-22)27(37)21-36-25-17-11-10-16-24(25)33-34-36/h10-13,15-18,28H,6-9,14,19-21H2,1-5H3,(H,32,38). The number of para-hydroxylation sites is 2. The Morgan fingerprint density at radius 1 is 1.10 bits per heavy atom. The number of fused-ring (bicyclic) bond motifs is 1. The van der Waals surface area contributed by atoms with Crippen LogP contribution in [0.5, 0.6) is 11.5 Å². The van der Waals surface area contributed by atoms with Gasteiger partial charge in [0, 0.05) is 17.6 Å². The third-order valence-electron chi connectivity index (χ3n) is 7.72. The van der Waals surface area contributed by atoms with Crippen molar-refractivity contribution in [2.24, 2.45) is 0 Å². The van der Waals surface area contributed by atoms with E-state index in [0.29, 0.717) is 35.5 Å². The van der Waals surface area contributed by atoms with Gasteiger partial charge in [-0.05, 0) is 70.6 Å². The molecule has 0 saturated heterocycles. The highest BCUT2D eigenvalue weighted by molar-refractivity contribution is 5.90. The first kappa shape index (κ1) is 29.1. The molecule has 2 aromatic carbocycles.